The lowest BCUT2D eigenvalue weighted by molar-refractivity contribution is 0.0997. The molecule has 5 N–H and O–H groups in total. The number of nitrogens with zero attached hydrogens (tertiary/aromatic N) is 2. The standard InChI is InChI=1S/C7H12N4O2/c8-6-5(7(9)13)10-4-11(6)2-1-3-12/h4,12H,1-3,8H2,(H2,9,13). The first-order valence-corrected chi connectivity index (χ1v) is 3.88. The third-order valence-corrected chi connectivity index (χ3v) is 1.67. The summed E-state index contributed by atoms with van der Waals surface area (Å²) in [5.74, 6) is -0.388. The monoisotopic (exact) mass is 184 g/mol. The average Bonchev–Trinajstić information content (AvgIpc) is 2.43. The van der Waals surface area contributed by atoms with Crippen LogP contribution in [0.15, 0.2) is 6.33 Å². The largest absolute Gasteiger partial charge is 0.396 e. The Morgan fingerprint density at radius 1 is 1.69 bits per heavy atom. The summed E-state index contributed by atoms with van der Waals surface area (Å²) in [5.41, 5.74) is 10.7. The van der Waals surface area contributed by atoms with Crippen molar-refractivity contribution >= 4 is 11.7 Å². The van der Waals surface area contributed by atoms with Gasteiger partial charge in [0.05, 0.1) is 6.33 Å². The van der Waals surface area contributed by atoms with Gasteiger partial charge in [-0.1, -0.05) is 0 Å². The molecule has 0 aliphatic rings. The number of imidazole rings is 1. The second kappa shape index (κ2) is 3.90. The van der Waals surface area contributed by atoms with Gasteiger partial charge in [0.2, 0.25) is 0 Å². The predicted octanol–water partition coefficient (Wildman–Crippen LogP) is -1.05. The van der Waals surface area contributed by atoms with E-state index >= 15 is 0 Å². The second-order valence-corrected chi connectivity index (χ2v) is 2.61. The van der Waals surface area contributed by atoms with E-state index in [1.807, 2.05) is 0 Å². The number of aryl methyl sites for hydroxylation is 1. The lowest BCUT2D eigenvalue weighted by Crippen LogP contribution is -2.14. The molecule has 1 heterocycles. The van der Waals surface area contributed by atoms with E-state index in [9.17, 15) is 4.79 Å². The van der Waals surface area contributed by atoms with E-state index in [2.05, 4.69) is 4.98 Å². The molecule has 0 aliphatic carbocycles. The van der Waals surface area contributed by atoms with Crippen LogP contribution in [0.2, 0.25) is 0 Å². The molecule has 0 saturated carbocycles. The van der Waals surface area contributed by atoms with Crippen molar-refractivity contribution in [1.82, 2.24) is 9.55 Å². The molecule has 0 spiro atoms. The topological polar surface area (TPSA) is 107 Å². The number of nitrogens with two attached hydrogens (primary N) is 2. The van der Waals surface area contributed by atoms with Crippen molar-refractivity contribution in [3.63, 3.8) is 0 Å². The molecule has 1 aromatic rings. The number of carbonyl (C=O) groups is 1. The van der Waals surface area contributed by atoms with Crippen molar-refractivity contribution in [2.24, 2.45) is 5.73 Å². The summed E-state index contributed by atoms with van der Waals surface area (Å²) in [4.78, 5) is 14.5. The van der Waals surface area contributed by atoms with Crippen molar-refractivity contribution in [2.75, 3.05) is 12.3 Å². The summed E-state index contributed by atoms with van der Waals surface area (Å²) in [6, 6.07) is 0. The number of carbonyl (C=O) groups excluding carboxylic acids is 1. The molecule has 1 aromatic heterocycles. The quantitative estimate of drug-likeness (QED) is 0.554. The summed E-state index contributed by atoms with van der Waals surface area (Å²) in [6.45, 7) is 0.603. The van der Waals surface area contributed by atoms with E-state index in [4.69, 9.17) is 16.6 Å². The number of amides is 1. The molecule has 0 radical (unpaired) electrons. The Morgan fingerprint density at radius 3 is 2.85 bits per heavy atom. The summed E-state index contributed by atoms with van der Waals surface area (Å²) in [7, 11) is 0. The van der Waals surface area contributed by atoms with Crippen molar-refractivity contribution in [3.8, 4) is 0 Å². The van der Waals surface area contributed by atoms with Crippen LogP contribution in [-0.2, 0) is 6.54 Å². The zero-order valence-corrected chi connectivity index (χ0v) is 7.10. The predicted molar refractivity (Wildman–Crippen MR) is 46.9 cm³/mol. The van der Waals surface area contributed by atoms with Crippen molar-refractivity contribution < 1.29 is 9.90 Å². The number of aliphatic hydroxyl groups is 1. The third kappa shape index (κ3) is 1.97. The first-order valence-electron chi connectivity index (χ1n) is 3.88. The molecular weight excluding hydrogens is 172 g/mol. The van der Waals surface area contributed by atoms with Crippen LogP contribution in [0.1, 0.15) is 16.9 Å². The molecule has 72 valence electrons. The summed E-state index contributed by atoms with van der Waals surface area (Å²) < 4.78 is 1.58. The van der Waals surface area contributed by atoms with Gasteiger partial charge in [0.1, 0.15) is 5.82 Å². The van der Waals surface area contributed by atoms with Crippen LogP contribution in [-0.4, -0.2) is 27.2 Å². The van der Waals surface area contributed by atoms with Gasteiger partial charge in [-0.3, -0.25) is 4.79 Å². The minimum absolute atomic E-state index is 0.0729. The maximum atomic E-state index is 10.7. The van der Waals surface area contributed by atoms with Gasteiger partial charge in [0.15, 0.2) is 5.69 Å². The minimum atomic E-state index is -0.639. The molecule has 0 saturated heterocycles. The lowest BCUT2D eigenvalue weighted by atomic mass is 10.4. The van der Waals surface area contributed by atoms with E-state index < -0.39 is 5.91 Å². The van der Waals surface area contributed by atoms with E-state index in [1.54, 1.807) is 4.57 Å². The Balaban J connectivity index is 2.80. The number of hydrogen-bond donors (Lipinski definition) is 3. The SMILES string of the molecule is NC(=O)c1ncn(CCCO)c1N. The number of aliphatic hydroxyl groups excluding tert-OH is 1. The highest BCUT2D eigenvalue weighted by Crippen LogP contribution is 2.09. The molecule has 0 fully saturated rings. The van der Waals surface area contributed by atoms with Crippen molar-refractivity contribution in [1.29, 1.82) is 0 Å². The van der Waals surface area contributed by atoms with Crippen LogP contribution < -0.4 is 11.5 Å². The Labute approximate surface area is 75.2 Å². The number of anilines is 1. The highest BCUT2D eigenvalue weighted by atomic mass is 16.3. The average molecular weight is 184 g/mol. The molecule has 0 aromatic carbocycles. The molecule has 0 unspecified atom stereocenters. The third-order valence-electron chi connectivity index (χ3n) is 1.67. The molecule has 0 aliphatic heterocycles. The Bertz CT molecular complexity index is 307. The number of nitrogen functional groups attached to an aromatic ring is 1. The smallest absolute Gasteiger partial charge is 0.271 e. The fourth-order valence-corrected chi connectivity index (χ4v) is 1.00. The van der Waals surface area contributed by atoms with Crippen molar-refractivity contribution in [2.45, 2.75) is 13.0 Å². The highest BCUT2D eigenvalue weighted by molar-refractivity contribution is 5.95. The zero-order valence-electron chi connectivity index (χ0n) is 7.10. The molecule has 6 nitrogen and oxygen atoms in total. The van der Waals surface area contributed by atoms with Crippen LogP contribution in [0.4, 0.5) is 5.82 Å². The fraction of sp³-hybridized carbons (Fsp3) is 0.429. The molecule has 1 rings (SSSR count). The first-order chi connectivity index (χ1) is 6.16. The van der Waals surface area contributed by atoms with Gasteiger partial charge in [-0.05, 0) is 6.42 Å². The summed E-state index contributed by atoms with van der Waals surface area (Å²) in [6.07, 6.45) is 2.00. The van der Waals surface area contributed by atoms with Gasteiger partial charge in [0, 0.05) is 13.2 Å². The maximum absolute atomic E-state index is 10.7. The Morgan fingerprint density at radius 2 is 2.38 bits per heavy atom. The number of primary amides is 1. The summed E-state index contributed by atoms with van der Waals surface area (Å²) in [5, 5.41) is 8.57. The lowest BCUT2D eigenvalue weighted by Gasteiger charge is -2.02. The van der Waals surface area contributed by atoms with Gasteiger partial charge in [0.25, 0.3) is 5.91 Å². The van der Waals surface area contributed by atoms with Crippen LogP contribution in [0.25, 0.3) is 0 Å². The van der Waals surface area contributed by atoms with Gasteiger partial charge in [-0.15, -0.1) is 0 Å². The number of aromatic nitrogens is 2. The fourth-order valence-electron chi connectivity index (χ4n) is 1.00. The van der Waals surface area contributed by atoms with E-state index in [0.29, 0.717) is 13.0 Å². The van der Waals surface area contributed by atoms with Gasteiger partial charge >= 0.3 is 0 Å². The van der Waals surface area contributed by atoms with Gasteiger partial charge in [-0.25, -0.2) is 4.98 Å². The normalized spacial score (nSPS) is 10.2. The van der Waals surface area contributed by atoms with E-state index in [-0.39, 0.29) is 18.1 Å². The number of hydrogen-bond acceptors (Lipinski definition) is 4. The number of rotatable bonds is 4. The minimum Gasteiger partial charge on any atom is -0.396 e. The second-order valence-electron chi connectivity index (χ2n) is 2.61. The van der Waals surface area contributed by atoms with Gasteiger partial charge < -0.3 is 21.1 Å². The Kier molecular flexibility index (Phi) is 2.86. The van der Waals surface area contributed by atoms with Crippen LogP contribution in [0.5, 0.6) is 0 Å². The zero-order chi connectivity index (χ0) is 9.84. The van der Waals surface area contributed by atoms with Crippen molar-refractivity contribution in [3.05, 3.63) is 12.0 Å². The summed E-state index contributed by atoms with van der Waals surface area (Å²) >= 11 is 0. The van der Waals surface area contributed by atoms with Gasteiger partial charge in [-0.2, -0.15) is 0 Å². The van der Waals surface area contributed by atoms with Crippen LogP contribution in [0.3, 0.4) is 0 Å². The molecule has 1 amide bonds. The van der Waals surface area contributed by atoms with Crippen LogP contribution in [0, 0.1) is 0 Å². The molecule has 0 atom stereocenters. The maximum Gasteiger partial charge on any atom is 0.271 e. The molecule has 13 heavy (non-hydrogen) atoms. The molecule has 0 bridgehead atoms. The Hall–Kier alpha value is -1.56. The first kappa shape index (κ1) is 9.53. The van der Waals surface area contributed by atoms with E-state index in [0.717, 1.165) is 0 Å². The molecular formula is C7H12N4O2. The molecule has 6 heteroatoms. The highest BCUT2D eigenvalue weighted by Gasteiger charge is 2.11. The van der Waals surface area contributed by atoms with E-state index in [1.165, 1.54) is 6.33 Å². The van der Waals surface area contributed by atoms with Crippen LogP contribution >= 0.6 is 0 Å².